The highest BCUT2D eigenvalue weighted by atomic mass is 127. The summed E-state index contributed by atoms with van der Waals surface area (Å²) in [6.07, 6.45) is 10.6. The molecule has 0 N–H and O–H groups in total. The lowest BCUT2D eigenvalue weighted by atomic mass is 9.85. The van der Waals surface area contributed by atoms with Crippen LogP contribution in [-0.4, -0.2) is 29.8 Å². The first-order valence-electron chi connectivity index (χ1n) is 9.27. The number of allylic oxidation sites excluding steroid dienone is 1. The zero-order chi connectivity index (χ0) is 17.7. The summed E-state index contributed by atoms with van der Waals surface area (Å²) in [4.78, 5) is 17.9. The number of carbonyl (C=O) groups excluding carboxylic acids is 1. The third kappa shape index (κ3) is 6.21. The molecule has 1 fully saturated rings. The van der Waals surface area contributed by atoms with Crippen molar-refractivity contribution in [3.63, 3.8) is 0 Å². The number of carbonyl (C=O) groups is 1. The van der Waals surface area contributed by atoms with Gasteiger partial charge in [0.15, 0.2) is 0 Å². The molecule has 4 nitrogen and oxygen atoms in total. The van der Waals surface area contributed by atoms with Crippen molar-refractivity contribution in [2.24, 2.45) is 5.92 Å². The van der Waals surface area contributed by atoms with Crippen molar-refractivity contribution < 1.29 is 14.4 Å². The second kappa shape index (κ2) is 8.88. The third-order valence-corrected chi connectivity index (χ3v) is 6.09. The second-order valence-electron chi connectivity index (χ2n) is 8.05. The third-order valence-electron chi connectivity index (χ3n) is 4.77. The summed E-state index contributed by atoms with van der Waals surface area (Å²) < 4.78 is 6.66. The van der Waals surface area contributed by atoms with Crippen LogP contribution in [0, 0.1) is 5.92 Å². The van der Waals surface area contributed by atoms with Gasteiger partial charge in [-0.05, 0) is 62.1 Å². The molecule has 1 aliphatic heterocycles. The molecular formula is C19H32INO3. The first-order chi connectivity index (χ1) is 11.3. The minimum absolute atomic E-state index is 0.141. The molecule has 0 spiro atoms. The van der Waals surface area contributed by atoms with E-state index in [-0.39, 0.29) is 12.1 Å². The second-order valence-corrected chi connectivity index (χ2v) is 9.22. The van der Waals surface area contributed by atoms with Crippen LogP contribution >= 0.6 is 22.6 Å². The molecule has 0 aromatic heterocycles. The molecule has 0 aromatic rings. The fourth-order valence-electron chi connectivity index (χ4n) is 3.57. The number of nitrogens with zero attached hydrogens (tertiary/aromatic N) is 1. The van der Waals surface area contributed by atoms with E-state index in [4.69, 9.17) is 9.57 Å². The quantitative estimate of drug-likeness (QED) is 0.404. The number of hydroxylamine groups is 2. The number of ether oxygens (including phenoxy) is 1. The molecule has 5 heteroatoms. The van der Waals surface area contributed by atoms with Crippen molar-refractivity contribution in [3.8, 4) is 0 Å². The lowest BCUT2D eigenvalue weighted by Gasteiger charge is -2.23. The lowest BCUT2D eigenvalue weighted by Crippen LogP contribution is -2.24. The number of hydrogen-bond donors (Lipinski definition) is 0. The first kappa shape index (κ1) is 20.0. The van der Waals surface area contributed by atoms with Crippen LogP contribution in [0.15, 0.2) is 9.28 Å². The highest BCUT2D eigenvalue weighted by Crippen LogP contribution is 2.37. The van der Waals surface area contributed by atoms with E-state index in [2.05, 4.69) is 22.6 Å². The van der Waals surface area contributed by atoms with Gasteiger partial charge in [-0.15, -0.1) is 0 Å². The number of hydrogen-bond acceptors (Lipinski definition) is 4. The highest BCUT2D eigenvalue weighted by Gasteiger charge is 2.30. The van der Waals surface area contributed by atoms with Gasteiger partial charge in [0, 0.05) is 17.0 Å². The van der Waals surface area contributed by atoms with Gasteiger partial charge in [-0.2, -0.15) is 0 Å². The predicted molar refractivity (Wildman–Crippen MR) is 105 cm³/mol. The maximum atomic E-state index is 11.9. The van der Waals surface area contributed by atoms with Crippen LogP contribution in [0.3, 0.4) is 0 Å². The van der Waals surface area contributed by atoms with Gasteiger partial charge in [0.25, 0.3) is 0 Å². The molecule has 1 aliphatic carbocycles. The summed E-state index contributed by atoms with van der Waals surface area (Å²) in [6, 6.07) is 0. The van der Waals surface area contributed by atoms with Crippen LogP contribution in [0.2, 0.25) is 0 Å². The molecule has 0 bridgehead atoms. The fourth-order valence-corrected chi connectivity index (χ4v) is 4.60. The first-order valence-corrected chi connectivity index (χ1v) is 10.3. The van der Waals surface area contributed by atoms with Crippen molar-refractivity contribution in [1.82, 2.24) is 5.06 Å². The summed E-state index contributed by atoms with van der Waals surface area (Å²) in [5.41, 5.74) is 0.717. The minimum Gasteiger partial charge on any atom is -0.460 e. The van der Waals surface area contributed by atoms with Crippen LogP contribution < -0.4 is 0 Å². The highest BCUT2D eigenvalue weighted by molar-refractivity contribution is 14.1. The van der Waals surface area contributed by atoms with E-state index in [0.29, 0.717) is 12.8 Å². The van der Waals surface area contributed by atoms with Crippen LogP contribution in [-0.2, 0) is 14.4 Å². The van der Waals surface area contributed by atoms with Crippen LogP contribution in [0.4, 0.5) is 0 Å². The van der Waals surface area contributed by atoms with Crippen LogP contribution in [0.1, 0.15) is 78.6 Å². The molecule has 1 saturated carbocycles. The predicted octanol–water partition coefficient (Wildman–Crippen LogP) is 5.36. The van der Waals surface area contributed by atoms with Gasteiger partial charge >= 0.3 is 5.97 Å². The lowest BCUT2D eigenvalue weighted by molar-refractivity contribution is -0.155. The van der Waals surface area contributed by atoms with Gasteiger partial charge in [-0.1, -0.05) is 32.1 Å². The van der Waals surface area contributed by atoms with Gasteiger partial charge in [0.1, 0.15) is 11.7 Å². The van der Waals surface area contributed by atoms with E-state index >= 15 is 0 Å². The molecule has 0 radical (unpaired) electrons. The molecule has 0 amide bonds. The SMILES string of the molecule is CN1OC(CCC2CCCCC2)C(I)=C1CCC(=O)OC(C)(C)C. The van der Waals surface area contributed by atoms with Crippen molar-refractivity contribution in [2.45, 2.75) is 90.3 Å². The van der Waals surface area contributed by atoms with Gasteiger partial charge < -0.3 is 4.74 Å². The Hall–Kier alpha value is -0.300. The molecule has 1 atom stereocenters. The molecule has 0 aromatic carbocycles. The molecule has 1 unspecified atom stereocenters. The van der Waals surface area contributed by atoms with E-state index in [0.717, 1.165) is 18.0 Å². The fraction of sp³-hybridized carbons (Fsp3) is 0.842. The summed E-state index contributed by atoms with van der Waals surface area (Å²) >= 11 is 2.40. The van der Waals surface area contributed by atoms with Crippen molar-refractivity contribution in [1.29, 1.82) is 0 Å². The van der Waals surface area contributed by atoms with E-state index in [9.17, 15) is 4.79 Å². The average molecular weight is 449 g/mol. The molecule has 0 saturated heterocycles. The largest absolute Gasteiger partial charge is 0.460 e. The van der Waals surface area contributed by atoms with E-state index in [1.165, 1.54) is 42.1 Å². The van der Waals surface area contributed by atoms with Crippen molar-refractivity contribution in [2.75, 3.05) is 7.05 Å². The van der Waals surface area contributed by atoms with Gasteiger partial charge in [-0.3, -0.25) is 14.7 Å². The Bertz CT molecular complexity index is 464. The van der Waals surface area contributed by atoms with Gasteiger partial charge in [-0.25, -0.2) is 0 Å². The average Bonchev–Trinajstić information content (AvgIpc) is 2.77. The smallest absolute Gasteiger partial charge is 0.306 e. The zero-order valence-corrected chi connectivity index (χ0v) is 17.7. The summed E-state index contributed by atoms with van der Waals surface area (Å²) in [5.74, 6) is 0.737. The van der Waals surface area contributed by atoms with Crippen molar-refractivity contribution in [3.05, 3.63) is 9.28 Å². The Kier molecular flexibility index (Phi) is 7.40. The van der Waals surface area contributed by atoms with Gasteiger partial charge in [0.2, 0.25) is 0 Å². The molecule has 24 heavy (non-hydrogen) atoms. The van der Waals surface area contributed by atoms with E-state index < -0.39 is 5.60 Å². The van der Waals surface area contributed by atoms with Crippen LogP contribution in [0.5, 0.6) is 0 Å². The number of esters is 1. The Morgan fingerprint density at radius 1 is 1.25 bits per heavy atom. The molecular weight excluding hydrogens is 417 g/mol. The maximum Gasteiger partial charge on any atom is 0.306 e. The van der Waals surface area contributed by atoms with E-state index in [1.807, 2.05) is 32.9 Å². The summed E-state index contributed by atoms with van der Waals surface area (Å²) in [7, 11) is 1.95. The number of halogens is 1. The Morgan fingerprint density at radius 3 is 2.54 bits per heavy atom. The molecule has 138 valence electrons. The number of rotatable bonds is 6. The molecule has 1 heterocycles. The summed E-state index contributed by atoms with van der Waals surface area (Å²) in [5, 5.41) is 1.86. The normalized spacial score (nSPS) is 23.0. The van der Waals surface area contributed by atoms with E-state index in [1.54, 1.807) is 0 Å². The Labute approximate surface area is 160 Å². The monoisotopic (exact) mass is 449 g/mol. The van der Waals surface area contributed by atoms with Crippen LogP contribution in [0.25, 0.3) is 0 Å². The van der Waals surface area contributed by atoms with Crippen molar-refractivity contribution >= 4 is 28.6 Å². The zero-order valence-electron chi connectivity index (χ0n) is 15.6. The topological polar surface area (TPSA) is 38.8 Å². The van der Waals surface area contributed by atoms with Gasteiger partial charge in [0.05, 0.1) is 12.1 Å². The molecule has 2 rings (SSSR count). The molecule has 2 aliphatic rings. The maximum absolute atomic E-state index is 11.9. The Balaban J connectivity index is 1.82. The minimum atomic E-state index is -0.417. The summed E-state index contributed by atoms with van der Waals surface area (Å²) in [6.45, 7) is 5.71. The Morgan fingerprint density at radius 2 is 1.92 bits per heavy atom. The standard InChI is InChI=1S/C19H32INO3/c1-19(2,3)23-17(22)13-11-15-18(20)16(24-21(15)4)12-10-14-8-6-5-7-9-14/h14,16H,5-13H2,1-4H3.